The fourth-order valence-electron chi connectivity index (χ4n) is 2.57. The third kappa shape index (κ3) is 17.8. The summed E-state index contributed by atoms with van der Waals surface area (Å²) in [6.07, 6.45) is 18.4. The third-order valence-corrected chi connectivity index (χ3v) is 4.43. The predicted molar refractivity (Wildman–Crippen MR) is 96.9 cm³/mol. The van der Waals surface area contributed by atoms with E-state index in [-0.39, 0.29) is 12.5 Å². The van der Waals surface area contributed by atoms with Crippen molar-refractivity contribution in [2.24, 2.45) is 5.92 Å². The molecular weight excluding hydrogens is 312 g/mol. The Balaban J connectivity index is 3.99. The van der Waals surface area contributed by atoms with Crippen LogP contribution in [0.2, 0.25) is 0 Å². The summed E-state index contributed by atoms with van der Waals surface area (Å²) in [4.78, 5) is 0. The smallest absolute Gasteiger partial charge is 0.264 e. The summed E-state index contributed by atoms with van der Waals surface area (Å²) < 4.78 is 34.7. The molecule has 5 heteroatoms. The Labute approximate surface area is 143 Å². The highest BCUT2D eigenvalue weighted by molar-refractivity contribution is 7.80. The highest BCUT2D eigenvalue weighted by Gasteiger charge is 2.11. The van der Waals surface area contributed by atoms with Crippen LogP contribution in [0, 0.1) is 5.92 Å². The van der Waals surface area contributed by atoms with Crippen molar-refractivity contribution in [2.45, 2.75) is 90.9 Å². The van der Waals surface area contributed by atoms with Crippen molar-refractivity contribution in [1.29, 1.82) is 0 Å². The van der Waals surface area contributed by atoms with Crippen LogP contribution in [0.5, 0.6) is 0 Å². The van der Waals surface area contributed by atoms with Crippen molar-refractivity contribution < 1.29 is 17.2 Å². The van der Waals surface area contributed by atoms with E-state index in [1.54, 1.807) is 0 Å². The normalized spacial score (nSPS) is 13.7. The molecule has 1 unspecified atom stereocenters. The number of hydrogen-bond acceptors (Lipinski definition) is 3. The molecule has 0 fully saturated rings. The van der Waals surface area contributed by atoms with Crippen molar-refractivity contribution in [3.63, 3.8) is 0 Å². The van der Waals surface area contributed by atoms with Gasteiger partial charge in [0.25, 0.3) is 0 Å². The van der Waals surface area contributed by atoms with Gasteiger partial charge in [-0.15, -0.1) is 0 Å². The zero-order valence-electron chi connectivity index (χ0n) is 15.0. The van der Waals surface area contributed by atoms with Gasteiger partial charge in [0.05, 0.1) is 6.61 Å². The fraction of sp³-hybridized carbons (Fsp3) is 0.889. The SMILES string of the molecule is CCCCCCCC/C=C/C(CCCCCC)COS(=O)(=O)O. The van der Waals surface area contributed by atoms with Gasteiger partial charge in [-0.05, 0) is 19.3 Å². The molecule has 0 radical (unpaired) electrons. The van der Waals surface area contributed by atoms with Crippen LogP contribution in [0.15, 0.2) is 12.2 Å². The van der Waals surface area contributed by atoms with E-state index in [0.29, 0.717) is 0 Å². The van der Waals surface area contributed by atoms with E-state index in [0.717, 1.165) is 25.7 Å². The number of hydrogen-bond donors (Lipinski definition) is 1. The average Bonchev–Trinajstić information content (AvgIpc) is 2.50. The molecule has 0 bridgehead atoms. The second kappa shape index (κ2) is 15.2. The Bertz CT molecular complexity index is 376. The van der Waals surface area contributed by atoms with Gasteiger partial charge in [0.15, 0.2) is 0 Å². The minimum atomic E-state index is -4.34. The van der Waals surface area contributed by atoms with Crippen molar-refractivity contribution in [3.05, 3.63) is 12.2 Å². The van der Waals surface area contributed by atoms with Gasteiger partial charge in [-0.1, -0.05) is 83.8 Å². The van der Waals surface area contributed by atoms with Crippen LogP contribution in [0.1, 0.15) is 90.9 Å². The summed E-state index contributed by atoms with van der Waals surface area (Å²) in [5, 5.41) is 0. The van der Waals surface area contributed by atoms with E-state index >= 15 is 0 Å². The molecule has 0 aliphatic heterocycles. The predicted octanol–water partition coefficient (Wildman–Crippen LogP) is 5.70. The zero-order chi connectivity index (χ0) is 17.4. The lowest BCUT2D eigenvalue weighted by Crippen LogP contribution is -2.12. The summed E-state index contributed by atoms with van der Waals surface area (Å²) in [5.74, 6) is 0.0638. The van der Waals surface area contributed by atoms with E-state index in [1.807, 2.05) is 0 Å². The zero-order valence-corrected chi connectivity index (χ0v) is 15.8. The van der Waals surface area contributed by atoms with Gasteiger partial charge in [-0.2, -0.15) is 8.42 Å². The molecule has 0 saturated heterocycles. The second-order valence-electron chi connectivity index (χ2n) is 6.31. The molecule has 0 rings (SSSR count). The van der Waals surface area contributed by atoms with Gasteiger partial charge in [0.2, 0.25) is 0 Å². The maximum Gasteiger partial charge on any atom is 0.397 e. The molecule has 0 aromatic heterocycles. The van der Waals surface area contributed by atoms with Gasteiger partial charge in [-0.25, -0.2) is 4.18 Å². The van der Waals surface area contributed by atoms with Crippen LogP contribution in [0.3, 0.4) is 0 Å². The van der Waals surface area contributed by atoms with E-state index in [1.165, 1.54) is 51.4 Å². The molecule has 23 heavy (non-hydrogen) atoms. The van der Waals surface area contributed by atoms with E-state index in [9.17, 15) is 8.42 Å². The van der Waals surface area contributed by atoms with Crippen LogP contribution < -0.4 is 0 Å². The summed E-state index contributed by atoms with van der Waals surface area (Å²) in [6.45, 7) is 4.43. The highest BCUT2D eigenvalue weighted by atomic mass is 32.3. The van der Waals surface area contributed by atoms with Gasteiger partial charge < -0.3 is 0 Å². The lowest BCUT2D eigenvalue weighted by molar-refractivity contribution is 0.234. The van der Waals surface area contributed by atoms with Gasteiger partial charge in [0.1, 0.15) is 0 Å². The molecule has 138 valence electrons. The highest BCUT2D eigenvalue weighted by Crippen LogP contribution is 2.15. The Kier molecular flexibility index (Phi) is 14.9. The molecule has 0 heterocycles. The molecular formula is C18H36O4S. The van der Waals surface area contributed by atoms with Crippen LogP contribution in [-0.4, -0.2) is 19.6 Å². The van der Waals surface area contributed by atoms with Crippen molar-refractivity contribution in [3.8, 4) is 0 Å². The first kappa shape index (κ1) is 22.6. The van der Waals surface area contributed by atoms with E-state index in [2.05, 4.69) is 30.2 Å². The van der Waals surface area contributed by atoms with Gasteiger partial charge in [-0.3, -0.25) is 4.55 Å². The van der Waals surface area contributed by atoms with Crippen LogP contribution in [0.4, 0.5) is 0 Å². The maximum absolute atomic E-state index is 10.7. The Morgan fingerprint density at radius 3 is 2.09 bits per heavy atom. The first-order valence-electron chi connectivity index (χ1n) is 9.28. The Hall–Kier alpha value is -0.390. The lowest BCUT2D eigenvalue weighted by Gasteiger charge is -2.11. The van der Waals surface area contributed by atoms with Gasteiger partial charge in [0, 0.05) is 5.92 Å². The van der Waals surface area contributed by atoms with E-state index < -0.39 is 10.4 Å². The lowest BCUT2D eigenvalue weighted by atomic mass is 10.0. The quantitative estimate of drug-likeness (QED) is 0.221. The van der Waals surface area contributed by atoms with Crippen LogP contribution in [0.25, 0.3) is 0 Å². The summed E-state index contributed by atoms with van der Waals surface area (Å²) in [5.41, 5.74) is 0. The minimum Gasteiger partial charge on any atom is -0.264 e. The minimum absolute atomic E-state index is 0.0396. The maximum atomic E-state index is 10.7. The first-order chi connectivity index (χ1) is 11.0. The van der Waals surface area contributed by atoms with Crippen LogP contribution in [-0.2, 0) is 14.6 Å². The summed E-state index contributed by atoms with van der Waals surface area (Å²) in [7, 11) is -4.34. The average molecular weight is 349 g/mol. The van der Waals surface area contributed by atoms with E-state index in [4.69, 9.17) is 4.55 Å². The third-order valence-electron chi connectivity index (χ3n) is 3.99. The number of allylic oxidation sites excluding steroid dienone is 1. The molecule has 0 aromatic rings. The first-order valence-corrected chi connectivity index (χ1v) is 10.6. The van der Waals surface area contributed by atoms with Crippen molar-refractivity contribution >= 4 is 10.4 Å². The molecule has 0 saturated carbocycles. The molecule has 0 aromatic carbocycles. The van der Waals surface area contributed by atoms with Crippen molar-refractivity contribution in [2.75, 3.05) is 6.61 Å². The Morgan fingerprint density at radius 1 is 0.913 bits per heavy atom. The molecule has 1 N–H and O–H groups in total. The molecule has 0 amide bonds. The molecule has 4 nitrogen and oxygen atoms in total. The molecule has 0 spiro atoms. The number of unbranched alkanes of at least 4 members (excludes halogenated alkanes) is 9. The summed E-state index contributed by atoms with van der Waals surface area (Å²) in [6, 6.07) is 0. The monoisotopic (exact) mass is 348 g/mol. The van der Waals surface area contributed by atoms with Crippen LogP contribution >= 0.6 is 0 Å². The summed E-state index contributed by atoms with van der Waals surface area (Å²) >= 11 is 0. The molecule has 0 aliphatic carbocycles. The van der Waals surface area contributed by atoms with Crippen molar-refractivity contribution in [1.82, 2.24) is 0 Å². The standard InChI is InChI=1S/C18H36O4S/c1-3-5-7-9-10-11-12-14-16-18(15-13-8-6-4-2)17-22-23(19,20)21/h14,16,18H,3-13,15,17H2,1-2H3,(H,19,20,21)/b16-14+. The number of rotatable bonds is 16. The largest absolute Gasteiger partial charge is 0.397 e. The fourth-order valence-corrected chi connectivity index (χ4v) is 2.92. The molecule has 0 aliphatic rings. The topological polar surface area (TPSA) is 63.6 Å². The Morgan fingerprint density at radius 2 is 1.48 bits per heavy atom. The second-order valence-corrected chi connectivity index (χ2v) is 7.40. The van der Waals surface area contributed by atoms with Gasteiger partial charge >= 0.3 is 10.4 Å². The molecule has 1 atom stereocenters.